The Morgan fingerprint density at radius 2 is 2.26 bits per heavy atom. The number of hydrogen-bond acceptors (Lipinski definition) is 5. The summed E-state index contributed by atoms with van der Waals surface area (Å²) in [5.74, 6) is 0.563. The summed E-state index contributed by atoms with van der Waals surface area (Å²) in [6, 6.07) is 3.05. The third-order valence-electron chi connectivity index (χ3n) is 3.73. The van der Waals surface area contributed by atoms with Crippen LogP contribution in [0.4, 0.5) is 0 Å². The van der Waals surface area contributed by atoms with Crippen molar-refractivity contribution in [3.05, 3.63) is 45.9 Å². The first-order chi connectivity index (χ1) is 11.0. The molecule has 1 fully saturated rings. The maximum Gasteiger partial charge on any atom is 0.267 e. The average molecular weight is 317 g/mol. The van der Waals surface area contributed by atoms with E-state index in [1.54, 1.807) is 24.1 Å². The highest BCUT2D eigenvalue weighted by Crippen LogP contribution is 2.19. The van der Waals surface area contributed by atoms with Crippen LogP contribution in [0.5, 0.6) is 0 Å². The van der Waals surface area contributed by atoms with Gasteiger partial charge in [-0.1, -0.05) is 0 Å². The molecule has 1 aliphatic rings. The van der Waals surface area contributed by atoms with Gasteiger partial charge >= 0.3 is 0 Å². The van der Waals surface area contributed by atoms with Gasteiger partial charge in [0.15, 0.2) is 0 Å². The van der Waals surface area contributed by atoms with Crippen LogP contribution in [0.3, 0.4) is 0 Å². The van der Waals surface area contributed by atoms with Crippen LogP contribution in [0.2, 0.25) is 0 Å². The van der Waals surface area contributed by atoms with Crippen LogP contribution in [-0.2, 0) is 16.1 Å². The number of H-pyrrole nitrogens is 1. The molecule has 1 amide bonds. The van der Waals surface area contributed by atoms with E-state index in [-0.39, 0.29) is 24.1 Å². The van der Waals surface area contributed by atoms with Crippen LogP contribution in [-0.4, -0.2) is 50.3 Å². The number of aryl methyl sites for hydroxylation is 2. The topological polar surface area (TPSA) is 93.1 Å². The summed E-state index contributed by atoms with van der Waals surface area (Å²) >= 11 is 0. The Balaban J connectivity index is 1.69. The third kappa shape index (κ3) is 3.48. The maximum atomic E-state index is 12.5. The Hall–Kier alpha value is -2.48. The monoisotopic (exact) mass is 317 g/mol. The molecule has 8 nitrogen and oxygen atoms in total. The number of imidazole rings is 1. The minimum atomic E-state index is -0.282. The fraction of sp³-hybridized carbons (Fsp3) is 0.467. The molecule has 0 aromatic carbocycles. The van der Waals surface area contributed by atoms with E-state index < -0.39 is 0 Å². The zero-order valence-electron chi connectivity index (χ0n) is 13.2. The molecule has 0 radical (unpaired) electrons. The van der Waals surface area contributed by atoms with Gasteiger partial charge in [-0.25, -0.2) is 9.67 Å². The number of carbonyl (C=O) groups is 1. The van der Waals surface area contributed by atoms with Gasteiger partial charge in [-0.15, -0.1) is 0 Å². The summed E-state index contributed by atoms with van der Waals surface area (Å²) in [4.78, 5) is 33.3. The van der Waals surface area contributed by atoms with Crippen molar-refractivity contribution < 1.29 is 9.53 Å². The Bertz CT molecular complexity index is 766. The van der Waals surface area contributed by atoms with Gasteiger partial charge in [-0.05, 0) is 19.9 Å². The molecule has 2 aromatic rings. The number of nitrogens with zero attached hydrogens (tertiary/aromatic N) is 4. The van der Waals surface area contributed by atoms with Crippen molar-refractivity contribution in [1.29, 1.82) is 0 Å². The van der Waals surface area contributed by atoms with Crippen molar-refractivity contribution >= 4 is 5.91 Å². The first-order valence-corrected chi connectivity index (χ1v) is 7.48. The molecule has 1 saturated heterocycles. The van der Waals surface area contributed by atoms with Gasteiger partial charge in [-0.3, -0.25) is 9.59 Å². The van der Waals surface area contributed by atoms with E-state index in [2.05, 4.69) is 15.1 Å². The quantitative estimate of drug-likeness (QED) is 0.872. The lowest BCUT2D eigenvalue weighted by Gasteiger charge is -2.32. The van der Waals surface area contributed by atoms with Gasteiger partial charge in [0.05, 0.1) is 18.8 Å². The summed E-state index contributed by atoms with van der Waals surface area (Å²) in [6.07, 6.45) is 1.46. The lowest BCUT2D eigenvalue weighted by atomic mass is 10.2. The summed E-state index contributed by atoms with van der Waals surface area (Å²) in [7, 11) is 0. The number of ether oxygens (including phenoxy) is 1. The number of amides is 1. The van der Waals surface area contributed by atoms with Crippen LogP contribution in [0.15, 0.2) is 23.1 Å². The molecule has 8 heteroatoms. The molecule has 23 heavy (non-hydrogen) atoms. The van der Waals surface area contributed by atoms with Crippen LogP contribution in [0.1, 0.15) is 23.3 Å². The molecule has 3 heterocycles. The van der Waals surface area contributed by atoms with E-state index in [1.807, 2.05) is 6.92 Å². The predicted octanol–water partition coefficient (Wildman–Crippen LogP) is 0.183. The van der Waals surface area contributed by atoms with Crippen molar-refractivity contribution in [1.82, 2.24) is 24.6 Å². The van der Waals surface area contributed by atoms with E-state index in [1.165, 1.54) is 10.7 Å². The molecule has 3 rings (SSSR count). The SMILES string of the molecule is Cc1ccc(=O)n(CC(=O)N2CCO[C@@H](c3ncc(C)[nH]3)C2)n1. The predicted molar refractivity (Wildman–Crippen MR) is 81.8 cm³/mol. The zero-order chi connectivity index (χ0) is 16.4. The van der Waals surface area contributed by atoms with Crippen LogP contribution >= 0.6 is 0 Å². The molecular formula is C15H19N5O3. The zero-order valence-corrected chi connectivity index (χ0v) is 13.2. The van der Waals surface area contributed by atoms with E-state index in [4.69, 9.17) is 4.74 Å². The van der Waals surface area contributed by atoms with E-state index >= 15 is 0 Å². The lowest BCUT2D eigenvalue weighted by Crippen LogP contribution is -2.45. The van der Waals surface area contributed by atoms with Crippen LogP contribution in [0.25, 0.3) is 0 Å². The lowest BCUT2D eigenvalue weighted by molar-refractivity contribution is -0.140. The fourth-order valence-electron chi connectivity index (χ4n) is 2.53. The largest absolute Gasteiger partial charge is 0.367 e. The van der Waals surface area contributed by atoms with Gasteiger partial charge in [0, 0.05) is 24.5 Å². The molecule has 122 valence electrons. The number of hydrogen-bond donors (Lipinski definition) is 1. The smallest absolute Gasteiger partial charge is 0.267 e. The molecule has 1 atom stereocenters. The molecular weight excluding hydrogens is 298 g/mol. The first kappa shape index (κ1) is 15.4. The Labute approximate surface area is 133 Å². The van der Waals surface area contributed by atoms with E-state index in [0.717, 1.165) is 5.69 Å². The number of aromatic amines is 1. The highest BCUT2D eigenvalue weighted by molar-refractivity contribution is 5.76. The summed E-state index contributed by atoms with van der Waals surface area (Å²) in [6.45, 7) is 4.97. The Kier molecular flexibility index (Phi) is 4.24. The van der Waals surface area contributed by atoms with E-state index in [9.17, 15) is 9.59 Å². The highest BCUT2D eigenvalue weighted by Gasteiger charge is 2.27. The number of morpholine rings is 1. The second-order valence-corrected chi connectivity index (χ2v) is 5.62. The van der Waals surface area contributed by atoms with Crippen molar-refractivity contribution in [2.75, 3.05) is 19.7 Å². The Morgan fingerprint density at radius 3 is 3.00 bits per heavy atom. The Morgan fingerprint density at radius 1 is 1.43 bits per heavy atom. The minimum Gasteiger partial charge on any atom is -0.367 e. The van der Waals surface area contributed by atoms with Gasteiger partial charge < -0.3 is 14.6 Å². The number of nitrogens with one attached hydrogen (secondary N) is 1. The van der Waals surface area contributed by atoms with Crippen molar-refractivity contribution in [2.45, 2.75) is 26.5 Å². The molecule has 1 aliphatic heterocycles. The summed E-state index contributed by atoms with van der Waals surface area (Å²) < 4.78 is 6.87. The maximum absolute atomic E-state index is 12.5. The van der Waals surface area contributed by atoms with E-state index in [0.29, 0.717) is 31.2 Å². The normalized spacial score (nSPS) is 18.2. The average Bonchev–Trinajstić information content (AvgIpc) is 2.97. The molecule has 0 spiro atoms. The van der Waals surface area contributed by atoms with Gasteiger partial charge in [-0.2, -0.15) is 5.10 Å². The first-order valence-electron chi connectivity index (χ1n) is 7.48. The molecule has 2 aromatic heterocycles. The summed E-state index contributed by atoms with van der Waals surface area (Å²) in [5, 5.41) is 4.09. The van der Waals surface area contributed by atoms with Gasteiger partial charge in [0.1, 0.15) is 18.5 Å². The molecule has 0 aliphatic carbocycles. The molecule has 1 N–H and O–H groups in total. The molecule has 0 unspecified atom stereocenters. The van der Waals surface area contributed by atoms with Crippen LogP contribution in [0, 0.1) is 13.8 Å². The van der Waals surface area contributed by atoms with Crippen molar-refractivity contribution in [3.63, 3.8) is 0 Å². The standard InChI is InChI=1S/C15H19N5O3/c1-10-3-4-13(21)20(18-10)9-14(22)19-5-6-23-12(8-19)15-16-7-11(2)17-15/h3-4,7,12H,5-6,8-9H2,1-2H3,(H,16,17)/t12-/m1/s1. The third-order valence-corrected chi connectivity index (χ3v) is 3.73. The second kappa shape index (κ2) is 6.33. The number of carbonyl (C=O) groups excluding carboxylic acids is 1. The molecule has 0 saturated carbocycles. The van der Waals surface area contributed by atoms with Crippen molar-refractivity contribution in [2.24, 2.45) is 0 Å². The van der Waals surface area contributed by atoms with Crippen molar-refractivity contribution in [3.8, 4) is 0 Å². The minimum absolute atomic E-state index is 0.0651. The fourth-order valence-corrected chi connectivity index (χ4v) is 2.53. The van der Waals surface area contributed by atoms with Gasteiger partial charge in [0.25, 0.3) is 5.56 Å². The summed E-state index contributed by atoms with van der Waals surface area (Å²) in [5.41, 5.74) is 1.36. The highest BCUT2D eigenvalue weighted by atomic mass is 16.5. The molecule has 0 bridgehead atoms. The second-order valence-electron chi connectivity index (χ2n) is 5.62. The number of aromatic nitrogens is 4. The van der Waals surface area contributed by atoms with Crippen LogP contribution < -0.4 is 5.56 Å². The van der Waals surface area contributed by atoms with Gasteiger partial charge in [0.2, 0.25) is 5.91 Å². The number of rotatable bonds is 3.